The Bertz CT molecular complexity index is 1490. The first-order chi connectivity index (χ1) is 16.8. The Morgan fingerprint density at radius 2 is 1.94 bits per heavy atom. The third kappa shape index (κ3) is 4.03. The number of esters is 1. The third-order valence-electron chi connectivity index (χ3n) is 6.66. The van der Waals surface area contributed by atoms with Gasteiger partial charge in [-0.2, -0.15) is 5.10 Å². The molecule has 3 aliphatic rings. The number of fused-ring (bicyclic) bond motifs is 2. The molecule has 1 atom stereocenters. The van der Waals surface area contributed by atoms with Crippen LogP contribution in [0.4, 0.5) is 0 Å². The smallest absolute Gasteiger partial charge is 0.339 e. The molecule has 4 heterocycles. The lowest BCUT2D eigenvalue weighted by Crippen LogP contribution is -2.16. The molecule has 35 heavy (non-hydrogen) atoms. The lowest BCUT2D eigenvalue weighted by atomic mass is 10.1. The number of rotatable bonds is 6. The summed E-state index contributed by atoms with van der Waals surface area (Å²) in [6.07, 6.45) is 2.40. The van der Waals surface area contributed by atoms with Gasteiger partial charge in [0.15, 0.2) is 39.4 Å². The van der Waals surface area contributed by atoms with Crippen molar-refractivity contribution >= 4 is 32.6 Å². The van der Waals surface area contributed by atoms with Gasteiger partial charge in [-0.1, -0.05) is 0 Å². The number of pyridine rings is 1. The predicted octanol–water partition coefficient (Wildman–Crippen LogP) is 2.75. The molecule has 2 aliphatic heterocycles. The molecule has 1 aromatic carbocycles. The van der Waals surface area contributed by atoms with Crippen LogP contribution in [0.2, 0.25) is 0 Å². The van der Waals surface area contributed by atoms with Gasteiger partial charge in [0.25, 0.3) is 0 Å². The lowest BCUT2D eigenvalue weighted by Gasteiger charge is -2.12. The van der Waals surface area contributed by atoms with Crippen LogP contribution in [0.15, 0.2) is 24.3 Å². The molecule has 0 spiro atoms. The fourth-order valence-electron chi connectivity index (χ4n) is 4.67. The Balaban J connectivity index is 1.30. The Morgan fingerprint density at radius 3 is 2.69 bits per heavy atom. The molecule has 1 saturated carbocycles. The minimum Gasteiger partial charge on any atom is -0.454 e. The zero-order chi connectivity index (χ0) is 24.3. The van der Waals surface area contributed by atoms with Gasteiger partial charge in [-0.3, -0.25) is 4.79 Å². The molecular formula is C24H23N3O7S. The van der Waals surface area contributed by atoms with Crippen LogP contribution in [0.1, 0.15) is 63.3 Å². The number of ether oxygens (including phenoxy) is 3. The van der Waals surface area contributed by atoms with Crippen LogP contribution in [0.3, 0.4) is 0 Å². The molecule has 0 radical (unpaired) electrons. The highest BCUT2D eigenvalue weighted by atomic mass is 32.2. The zero-order valence-electron chi connectivity index (χ0n) is 19.0. The summed E-state index contributed by atoms with van der Waals surface area (Å²) in [7, 11) is -3.13. The minimum absolute atomic E-state index is 0.00235. The predicted molar refractivity (Wildman–Crippen MR) is 124 cm³/mol. The summed E-state index contributed by atoms with van der Waals surface area (Å²) in [6, 6.07) is 6.21. The summed E-state index contributed by atoms with van der Waals surface area (Å²) in [5, 5.41) is 5.09. The van der Waals surface area contributed by atoms with Crippen molar-refractivity contribution in [3.8, 4) is 11.5 Å². The Kier molecular flexibility index (Phi) is 5.06. The molecule has 0 bridgehead atoms. The number of aromatic nitrogens is 3. The highest BCUT2D eigenvalue weighted by Gasteiger charge is 2.34. The van der Waals surface area contributed by atoms with Crippen molar-refractivity contribution in [3.05, 3.63) is 46.8 Å². The molecule has 182 valence electrons. The number of carbonyl (C=O) groups is 2. The molecule has 10 nitrogen and oxygen atoms in total. The highest BCUT2D eigenvalue weighted by Crippen LogP contribution is 2.41. The van der Waals surface area contributed by atoms with Crippen LogP contribution in [0, 0.1) is 6.92 Å². The van der Waals surface area contributed by atoms with Crippen molar-refractivity contribution in [1.82, 2.24) is 14.8 Å². The van der Waals surface area contributed by atoms with Crippen LogP contribution < -0.4 is 9.47 Å². The maximum atomic E-state index is 13.2. The van der Waals surface area contributed by atoms with Gasteiger partial charge in [0.1, 0.15) is 0 Å². The molecule has 1 saturated heterocycles. The minimum atomic E-state index is -3.13. The van der Waals surface area contributed by atoms with E-state index in [0.717, 1.165) is 18.5 Å². The summed E-state index contributed by atoms with van der Waals surface area (Å²) in [4.78, 5) is 30.6. The van der Waals surface area contributed by atoms with E-state index in [4.69, 9.17) is 19.2 Å². The first kappa shape index (κ1) is 22.0. The number of hydrogen-bond acceptors (Lipinski definition) is 9. The molecular weight excluding hydrogens is 474 g/mol. The van der Waals surface area contributed by atoms with Crippen molar-refractivity contribution in [3.63, 3.8) is 0 Å². The summed E-state index contributed by atoms with van der Waals surface area (Å²) in [6.45, 7) is 1.42. The molecule has 2 fully saturated rings. The molecule has 0 amide bonds. The molecule has 1 aliphatic carbocycles. The number of carbonyl (C=O) groups excluding carboxylic acids is 2. The number of aryl methyl sites for hydroxylation is 1. The van der Waals surface area contributed by atoms with Gasteiger partial charge in [-0.05, 0) is 50.5 Å². The molecule has 1 unspecified atom stereocenters. The highest BCUT2D eigenvalue weighted by molar-refractivity contribution is 7.91. The third-order valence-corrected chi connectivity index (χ3v) is 8.41. The standard InChI is InChI=1S/C24H23N3O7S/c1-13-22-17(24(29)32-10-19(28)15-4-5-20-21(8-15)34-12-33-20)9-18(14-2-3-14)25-23(22)27(26-13)16-6-7-35(30,31)11-16/h4-5,8-9,14,16H,2-3,6-7,10-12H2,1H3. The average molecular weight is 498 g/mol. The quantitative estimate of drug-likeness (QED) is 0.373. The number of sulfone groups is 1. The van der Waals surface area contributed by atoms with Crippen LogP contribution in [0.5, 0.6) is 11.5 Å². The fraction of sp³-hybridized carbons (Fsp3) is 0.417. The number of nitrogens with zero attached hydrogens (tertiary/aromatic N) is 3. The van der Waals surface area contributed by atoms with Crippen molar-refractivity contribution < 1.29 is 32.2 Å². The van der Waals surface area contributed by atoms with Gasteiger partial charge < -0.3 is 14.2 Å². The van der Waals surface area contributed by atoms with Crippen LogP contribution in [-0.4, -0.2) is 59.8 Å². The van der Waals surface area contributed by atoms with E-state index in [1.165, 1.54) is 0 Å². The number of hydrogen-bond donors (Lipinski definition) is 0. The molecule has 2 aromatic heterocycles. The van der Waals surface area contributed by atoms with Crippen LogP contribution in [-0.2, 0) is 14.6 Å². The first-order valence-corrected chi connectivity index (χ1v) is 13.3. The Labute approximate surface area is 201 Å². The van der Waals surface area contributed by atoms with Crippen molar-refractivity contribution in [2.24, 2.45) is 0 Å². The van der Waals surface area contributed by atoms with Gasteiger partial charge in [-0.15, -0.1) is 0 Å². The topological polar surface area (TPSA) is 127 Å². The van der Waals surface area contributed by atoms with Crippen molar-refractivity contribution in [2.45, 2.75) is 38.1 Å². The zero-order valence-corrected chi connectivity index (χ0v) is 19.8. The maximum absolute atomic E-state index is 13.2. The second-order valence-corrected chi connectivity index (χ2v) is 11.5. The monoisotopic (exact) mass is 497 g/mol. The molecule has 0 N–H and O–H groups in total. The van der Waals surface area contributed by atoms with E-state index in [9.17, 15) is 18.0 Å². The number of benzene rings is 1. The molecule has 11 heteroatoms. The Hall–Kier alpha value is -3.47. The van der Waals surface area contributed by atoms with E-state index < -0.39 is 22.4 Å². The van der Waals surface area contributed by atoms with Crippen molar-refractivity contribution in [1.29, 1.82) is 0 Å². The van der Waals surface area contributed by atoms with E-state index in [0.29, 0.717) is 45.8 Å². The van der Waals surface area contributed by atoms with Gasteiger partial charge in [0.2, 0.25) is 6.79 Å². The SMILES string of the molecule is Cc1nn(C2CCS(=O)(=O)C2)c2nc(C3CC3)cc(C(=O)OCC(=O)c3ccc4c(c3)OCO4)c12. The Morgan fingerprint density at radius 1 is 1.14 bits per heavy atom. The molecule has 6 rings (SSSR count). The van der Waals surface area contributed by atoms with Crippen molar-refractivity contribution in [2.75, 3.05) is 24.9 Å². The number of ketones is 1. The second-order valence-electron chi connectivity index (χ2n) is 9.22. The summed E-state index contributed by atoms with van der Waals surface area (Å²) in [5.74, 6) is 0.386. The fourth-order valence-corrected chi connectivity index (χ4v) is 6.36. The summed E-state index contributed by atoms with van der Waals surface area (Å²) < 4.78 is 41.8. The van der Waals surface area contributed by atoms with Crippen LogP contribution in [0.25, 0.3) is 11.0 Å². The van der Waals surface area contributed by atoms with Crippen LogP contribution >= 0.6 is 0 Å². The second kappa shape index (κ2) is 8.04. The molecule has 3 aromatic rings. The summed E-state index contributed by atoms with van der Waals surface area (Å²) >= 11 is 0. The van der Waals surface area contributed by atoms with E-state index in [2.05, 4.69) is 5.10 Å². The summed E-state index contributed by atoms with van der Waals surface area (Å²) in [5.41, 5.74) is 2.46. The largest absolute Gasteiger partial charge is 0.454 e. The van der Waals surface area contributed by atoms with Gasteiger partial charge in [0, 0.05) is 17.2 Å². The van der Waals surface area contributed by atoms with E-state index in [1.807, 2.05) is 0 Å². The first-order valence-electron chi connectivity index (χ1n) is 11.5. The van der Waals surface area contributed by atoms with E-state index in [-0.39, 0.29) is 36.0 Å². The van der Waals surface area contributed by atoms with Gasteiger partial charge in [-0.25, -0.2) is 22.9 Å². The normalized spacial score (nSPS) is 20.3. The van der Waals surface area contributed by atoms with E-state index >= 15 is 0 Å². The maximum Gasteiger partial charge on any atom is 0.339 e. The van der Waals surface area contributed by atoms with Gasteiger partial charge in [0.05, 0.1) is 34.2 Å². The average Bonchev–Trinajstić information content (AvgIpc) is 3.34. The van der Waals surface area contributed by atoms with E-state index in [1.54, 1.807) is 35.9 Å². The van der Waals surface area contributed by atoms with Gasteiger partial charge >= 0.3 is 5.97 Å². The lowest BCUT2D eigenvalue weighted by molar-refractivity contribution is 0.0476. The number of Topliss-reactive ketones (excluding diaryl/α,β-unsaturated/α-hetero) is 1.